The molecule has 21 heavy (non-hydrogen) atoms. The Bertz CT molecular complexity index is 687. The number of aromatic nitrogens is 2. The number of nitriles is 1. The molecule has 0 aliphatic rings. The number of anilines is 2. The highest BCUT2D eigenvalue weighted by Gasteiger charge is 2.18. The normalized spacial score (nSPS) is 11.7. The molecule has 0 aliphatic heterocycles. The van der Waals surface area contributed by atoms with Crippen molar-refractivity contribution in [3.8, 4) is 6.07 Å². The van der Waals surface area contributed by atoms with Gasteiger partial charge >= 0.3 is 0 Å². The third-order valence-corrected chi connectivity index (χ3v) is 4.32. The molecule has 0 spiro atoms. The zero-order valence-electron chi connectivity index (χ0n) is 11.5. The van der Waals surface area contributed by atoms with Crippen molar-refractivity contribution in [2.75, 3.05) is 11.1 Å². The van der Waals surface area contributed by atoms with E-state index in [1.54, 1.807) is 24.4 Å². The third kappa shape index (κ3) is 3.93. The summed E-state index contributed by atoms with van der Waals surface area (Å²) >= 11 is 2.54. The molecule has 2 aromatic heterocycles. The van der Waals surface area contributed by atoms with E-state index < -0.39 is 5.25 Å². The predicted octanol–water partition coefficient (Wildman–Crippen LogP) is 2.42. The van der Waals surface area contributed by atoms with Crippen LogP contribution < -0.4 is 11.1 Å². The van der Waals surface area contributed by atoms with Crippen LogP contribution in [0.2, 0.25) is 0 Å². The molecule has 0 aliphatic carbocycles. The van der Waals surface area contributed by atoms with Crippen molar-refractivity contribution in [2.24, 2.45) is 0 Å². The Labute approximate surface area is 130 Å². The summed E-state index contributed by atoms with van der Waals surface area (Å²) < 4.78 is 0. The molecule has 0 saturated heterocycles. The highest BCUT2D eigenvalue weighted by molar-refractivity contribution is 8.00. The first-order valence-corrected chi connectivity index (χ1v) is 7.82. The van der Waals surface area contributed by atoms with Gasteiger partial charge in [-0.2, -0.15) is 5.26 Å². The summed E-state index contributed by atoms with van der Waals surface area (Å²) in [6.07, 6.45) is 0. The number of thioether (sulfide) groups is 1. The van der Waals surface area contributed by atoms with E-state index in [1.165, 1.54) is 23.1 Å². The topological polar surface area (TPSA) is 105 Å². The Morgan fingerprint density at radius 3 is 3.00 bits per heavy atom. The Balaban J connectivity index is 2.04. The second-order valence-corrected chi connectivity index (χ2v) is 6.47. The molecule has 0 saturated carbocycles. The molecule has 0 bridgehead atoms. The van der Waals surface area contributed by atoms with Gasteiger partial charge in [-0.25, -0.2) is 9.97 Å². The minimum absolute atomic E-state index is 0.206. The molecule has 0 fully saturated rings. The van der Waals surface area contributed by atoms with Gasteiger partial charge in [-0.3, -0.25) is 4.79 Å². The number of amides is 1. The predicted molar refractivity (Wildman–Crippen MR) is 84.2 cm³/mol. The van der Waals surface area contributed by atoms with Crippen molar-refractivity contribution in [3.63, 3.8) is 0 Å². The SMILES string of the molecule is Cc1cc(N)nc(S[C@@H](C)C(=O)Nc2sccc2C#N)n1. The smallest absolute Gasteiger partial charge is 0.238 e. The number of aryl methyl sites for hydroxylation is 1. The van der Waals surface area contributed by atoms with E-state index in [9.17, 15) is 4.79 Å². The fourth-order valence-electron chi connectivity index (χ4n) is 1.54. The van der Waals surface area contributed by atoms with Crippen LogP contribution in [0.15, 0.2) is 22.7 Å². The highest BCUT2D eigenvalue weighted by atomic mass is 32.2. The van der Waals surface area contributed by atoms with Crippen LogP contribution in [0.4, 0.5) is 10.8 Å². The first-order chi connectivity index (χ1) is 9.99. The minimum atomic E-state index is -0.403. The van der Waals surface area contributed by atoms with Gasteiger partial charge in [-0.1, -0.05) is 11.8 Å². The summed E-state index contributed by atoms with van der Waals surface area (Å²) in [4.78, 5) is 20.4. The van der Waals surface area contributed by atoms with E-state index in [0.717, 1.165) is 5.69 Å². The number of nitrogen functional groups attached to an aromatic ring is 1. The van der Waals surface area contributed by atoms with Gasteiger partial charge in [0.15, 0.2) is 5.16 Å². The van der Waals surface area contributed by atoms with Gasteiger partial charge in [-0.15, -0.1) is 11.3 Å². The van der Waals surface area contributed by atoms with E-state index in [0.29, 0.717) is 21.5 Å². The number of thiophene rings is 1. The van der Waals surface area contributed by atoms with Gasteiger partial charge in [0, 0.05) is 11.8 Å². The molecule has 0 unspecified atom stereocenters. The Hall–Kier alpha value is -2.11. The van der Waals surface area contributed by atoms with E-state index in [4.69, 9.17) is 11.0 Å². The van der Waals surface area contributed by atoms with Crippen molar-refractivity contribution < 1.29 is 4.79 Å². The molecule has 6 nitrogen and oxygen atoms in total. The Morgan fingerprint density at radius 2 is 2.33 bits per heavy atom. The molecule has 8 heteroatoms. The lowest BCUT2D eigenvalue weighted by atomic mass is 10.3. The second kappa shape index (κ2) is 6.56. The van der Waals surface area contributed by atoms with Crippen LogP contribution in [0.5, 0.6) is 0 Å². The van der Waals surface area contributed by atoms with Crippen LogP contribution in [0.1, 0.15) is 18.2 Å². The fourth-order valence-corrected chi connectivity index (χ4v) is 3.11. The third-order valence-electron chi connectivity index (χ3n) is 2.53. The van der Waals surface area contributed by atoms with Crippen molar-refractivity contribution >= 4 is 39.8 Å². The van der Waals surface area contributed by atoms with Gasteiger partial charge in [0.25, 0.3) is 0 Å². The van der Waals surface area contributed by atoms with Gasteiger partial charge in [0.05, 0.1) is 10.8 Å². The maximum atomic E-state index is 12.1. The van der Waals surface area contributed by atoms with E-state index >= 15 is 0 Å². The molecule has 2 rings (SSSR count). The summed E-state index contributed by atoms with van der Waals surface area (Å²) in [7, 11) is 0. The molecule has 108 valence electrons. The second-order valence-electron chi connectivity index (χ2n) is 4.24. The van der Waals surface area contributed by atoms with Gasteiger partial charge in [0.1, 0.15) is 16.9 Å². The van der Waals surface area contributed by atoms with Gasteiger partial charge in [-0.05, 0) is 25.3 Å². The van der Waals surface area contributed by atoms with Gasteiger partial charge in [0.2, 0.25) is 5.91 Å². The number of carbonyl (C=O) groups excluding carboxylic acids is 1. The van der Waals surface area contributed by atoms with Crippen molar-refractivity contribution in [1.29, 1.82) is 5.26 Å². The van der Waals surface area contributed by atoms with Crippen molar-refractivity contribution in [3.05, 3.63) is 28.8 Å². The molecule has 1 amide bonds. The maximum Gasteiger partial charge on any atom is 0.238 e. The number of hydrogen-bond donors (Lipinski definition) is 2. The number of carbonyl (C=O) groups is 1. The Morgan fingerprint density at radius 1 is 1.57 bits per heavy atom. The van der Waals surface area contributed by atoms with Crippen LogP contribution in [0.3, 0.4) is 0 Å². The van der Waals surface area contributed by atoms with Gasteiger partial charge < -0.3 is 11.1 Å². The minimum Gasteiger partial charge on any atom is -0.384 e. The standard InChI is InChI=1S/C13H13N5OS2/c1-7-5-10(15)17-13(16-7)21-8(2)11(19)18-12-9(6-14)3-4-20-12/h3-5,8H,1-2H3,(H,18,19)(H2,15,16,17)/t8-/m0/s1. The first kappa shape index (κ1) is 15.3. The number of hydrogen-bond acceptors (Lipinski definition) is 7. The lowest BCUT2D eigenvalue weighted by Crippen LogP contribution is -2.22. The van der Waals surface area contributed by atoms with Crippen molar-refractivity contribution in [2.45, 2.75) is 24.3 Å². The number of rotatable bonds is 4. The lowest BCUT2D eigenvalue weighted by Gasteiger charge is -2.10. The number of nitrogens with one attached hydrogen (secondary N) is 1. The fraction of sp³-hybridized carbons (Fsp3) is 0.231. The zero-order valence-corrected chi connectivity index (χ0v) is 13.1. The van der Waals surface area contributed by atoms with Crippen LogP contribution in [0.25, 0.3) is 0 Å². The molecular formula is C13H13N5OS2. The summed E-state index contributed by atoms with van der Waals surface area (Å²) in [5.41, 5.74) is 6.87. The van der Waals surface area contributed by atoms with Crippen molar-refractivity contribution in [1.82, 2.24) is 9.97 Å². The lowest BCUT2D eigenvalue weighted by molar-refractivity contribution is -0.115. The monoisotopic (exact) mass is 319 g/mol. The summed E-state index contributed by atoms with van der Waals surface area (Å²) in [5.74, 6) is 0.172. The van der Waals surface area contributed by atoms with Crippen LogP contribution >= 0.6 is 23.1 Å². The zero-order chi connectivity index (χ0) is 15.4. The molecular weight excluding hydrogens is 306 g/mol. The van der Waals surface area contributed by atoms with E-state index in [1.807, 2.05) is 13.0 Å². The average Bonchev–Trinajstić information content (AvgIpc) is 2.84. The number of nitrogens with zero attached hydrogens (tertiary/aromatic N) is 3. The average molecular weight is 319 g/mol. The molecule has 2 heterocycles. The quantitative estimate of drug-likeness (QED) is 0.662. The van der Waals surface area contributed by atoms with E-state index in [2.05, 4.69) is 15.3 Å². The molecule has 0 radical (unpaired) electrons. The first-order valence-electron chi connectivity index (χ1n) is 6.06. The Kier molecular flexibility index (Phi) is 4.77. The molecule has 3 N–H and O–H groups in total. The summed E-state index contributed by atoms with van der Waals surface area (Å²) in [5, 5.41) is 14.0. The van der Waals surface area contributed by atoms with Crippen LogP contribution in [0, 0.1) is 18.3 Å². The van der Waals surface area contributed by atoms with E-state index in [-0.39, 0.29) is 5.91 Å². The molecule has 2 aromatic rings. The van der Waals surface area contributed by atoms with Crippen LogP contribution in [-0.2, 0) is 4.79 Å². The van der Waals surface area contributed by atoms with Crippen LogP contribution in [-0.4, -0.2) is 21.1 Å². The maximum absolute atomic E-state index is 12.1. The molecule has 1 atom stereocenters. The number of nitrogens with two attached hydrogens (primary N) is 1. The largest absolute Gasteiger partial charge is 0.384 e. The summed E-state index contributed by atoms with van der Waals surface area (Å²) in [6.45, 7) is 3.57. The highest BCUT2D eigenvalue weighted by Crippen LogP contribution is 2.25. The summed E-state index contributed by atoms with van der Waals surface area (Å²) in [6, 6.07) is 5.37. The molecule has 0 aromatic carbocycles.